The number of aromatic nitrogens is 1. The Balaban J connectivity index is 1.35. The lowest BCUT2D eigenvalue weighted by molar-refractivity contribution is -0.138. The monoisotopic (exact) mass is 385 g/mol. The van der Waals surface area contributed by atoms with Crippen molar-refractivity contribution in [2.45, 2.75) is 45.6 Å². The van der Waals surface area contributed by atoms with Crippen LogP contribution < -0.4 is 5.56 Å². The molecular weight excluding hydrogens is 354 g/mol. The molecule has 0 spiro atoms. The average molecular weight is 386 g/mol. The second-order valence-electron chi connectivity index (χ2n) is 9.35. The Hall–Kier alpha value is -1.95. The molecule has 4 atom stereocenters. The number of likely N-dealkylation sites (tertiary alicyclic amines) is 2. The molecule has 0 N–H and O–H groups in total. The first-order valence-electron chi connectivity index (χ1n) is 10.6. The Bertz CT molecular complexity index is 807. The smallest absolute Gasteiger partial charge is 0.250 e. The topological polar surface area (TPSA) is 62.6 Å². The first-order valence-corrected chi connectivity index (χ1v) is 10.6. The third-order valence-corrected chi connectivity index (χ3v) is 6.53. The lowest BCUT2D eigenvalue weighted by Crippen LogP contribution is -2.49. The maximum absolute atomic E-state index is 12.6. The number of carbonyl (C=O) groups is 2. The molecule has 28 heavy (non-hydrogen) atoms. The third-order valence-electron chi connectivity index (χ3n) is 6.53. The van der Waals surface area contributed by atoms with E-state index in [1.54, 1.807) is 6.07 Å². The fraction of sp³-hybridized carbons (Fsp3) is 0.682. The quantitative estimate of drug-likeness (QED) is 0.741. The number of fused-ring (bicyclic) bond motifs is 4. The Labute approximate surface area is 166 Å². The van der Waals surface area contributed by atoms with Crippen molar-refractivity contribution in [1.82, 2.24) is 14.4 Å². The predicted octanol–water partition coefficient (Wildman–Crippen LogP) is 1.73. The molecule has 0 radical (unpaired) electrons. The minimum absolute atomic E-state index is 0.0151. The molecule has 6 heteroatoms. The second kappa shape index (κ2) is 7.82. The number of piperidine rings is 2. The van der Waals surface area contributed by atoms with Crippen LogP contribution in [-0.4, -0.2) is 58.8 Å². The summed E-state index contributed by atoms with van der Waals surface area (Å²) >= 11 is 0. The normalized spacial score (nSPS) is 30.0. The Morgan fingerprint density at radius 3 is 2.50 bits per heavy atom. The fourth-order valence-electron chi connectivity index (χ4n) is 5.58. The SMILES string of the molecule is CC1CC(C)CN(C(=O)CC(=O)CN2CC3CC(C2)c2cccc(=O)n2C3)C1. The summed E-state index contributed by atoms with van der Waals surface area (Å²) in [4.78, 5) is 41.4. The molecule has 3 aliphatic rings. The lowest BCUT2D eigenvalue weighted by atomic mass is 9.83. The van der Waals surface area contributed by atoms with Gasteiger partial charge < -0.3 is 9.47 Å². The van der Waals surface area contributed by atoms with E-state index in [0.29, 0.717) is 30.2 Å². The van der Waals surface area contributed by atoms with Crippen LogP contribution in [0.3, 0.4) is 0 Å². The van der Waals surface area contributed by atoms with Gasteiger partial charge in [0.2, 0.25) is 5.91 Å². The molecule has 6 nitrogen and oxygen atoms in total. The molecule has 2 bridgehead atoms. The van der Waals surface area contributed by atoms with Gasteiger partial charge in [0.15, 0.2) is 5.78 Å². The van der Waals surface area contributed by atoms with Crippen LogP contribution in [0.2, 0.25) is 0 Å². The van der Waals surface area contributed by atoms with Gasteiger partial charge in [-0.2, -0.15) is 0 Å². The van der Waals surface area contributed by atoms with E-state index in [1.807, 2.05) is 21.6 Å². The molecule has 4 unspecified atom stereocenters. The number of pyridine rings is 1. The molecule has 3 aliphatic heterocycles. The van der Waals surface area contributed by atoms with Crippen molar-refractivity contribution >= 4 is 11.7 Å². The molecule has 0 aromatic carbocycles. The number of rotatable bonds is 4. The van der Waals surface area contributed by atoms with Gasteiger partial charge in [0, 0.05) is 50.4 Å². The first kappa shape index (κ1) is 19.4. The van der Waals surface area contributed by atoms with Gasteiger partial charge in [0.1, 0.15) is 0 Å². The Kier molecular flexibility index (Phi) is 5.41. The summed E-state index contributed by atoms with van der Waals surface area (Å²) in [5, 5.41) is 0. The highest BCUT2D eigenvalue weighted by molar-refractivity contribution is 5.99. The lowest BCUT2D eigenvalue weighted by Gasteiger charge is -2.42. The van der Waals surface area contributed by atoms with Crippen LogP contribution in [0.1, 0.15) is 44.7 Å². The summed E-state index contributed by atoms with van der Waals surface area (Å²) in [6.07, 6.45) is 2.25. The maximum Gasteiger partial charge on any atom is 0.250 e. The molecule has 0 saturated carbocycles. The van der Waals surface area contributed by atoms with E-state index in [1.165, 1.54) is 0 Å². The van der Waals surface area contributed by atoms with E-state index in [9.17, 15) is 14.4 Å². The molecule has 152 valence electrons. The van der Waals surface area contributed by atoms with Gasteiger partial charge in [-0.05, 0) is 36.7 Å². The number of ketones is 1. The van der Waals surface area contributed by atoms with E-state index in [-0.39, 0.29) is 23.7 Å². The molecular formula is C22H31N3O3. The standard InChI is InChI=1S/C22H31N3O3/c1-15-6-16(2)10-24(9-15)22(28)8-19(26)14-23-11-17-7-18(13-23)20-4-3-5-21(27)25(20)12-17/h3-5,15-18H,6-14H2,1-2H3. The summed E-state index contributed by atoms with van der Waals surface area (Å²) in [6, 6.07) is 5.49. The van der Waals surface area contributed by atoms with Crippen molar-refractivity contribution in [2.24, 2.45) is 17.8 Å². The predicted molar refractivity (Wildman–Crippen MR) is 107 cm³/mol. The molecule has 1 amide bonds. The summed E-state index contributed by atoms with van der Waals surface area (Å²) in [6.45, 7) is 8.59. The van der Waals surface area contributed by atoms with E-state index in [4.69, 9.17) is 0 Å². The Morgan fingerprint density at radius 1 is 1.00 bits per heavy atom. The summed E-state index contributed by atoms with van der Waals surface area (Å²) < 4.78 is 1.90. The van der Waals surface area contributed by atoms with Crippen LogP contribution in [0.5, 0.6) is 0 Å². The van der Waals surface area contributed by atoms with E-state index in [0.717, 1.165) is 51.3 Å². The fourth-order valence-corrected chi connectivity index (χ4v) is 5.58. The highest BCUT2D eigenvalue weighted by atomic mass is 16.2. The number of hydrogen-bond acceptors (Lipinski definition) is 4. The van der Waals surface area contributed by atoms with Gasteiger partial charge in [-0.1, -0.05) is 19.9 Å². The number of nitrogens with zero attached hydrogens (tertiary/aromatic N) is 3. The molecule has 2 saturated heterocycles. The highest BCUT2D eigenvalue weighted by Gasteiger charge is 2.35. The van der Waals surface area contributed by atoms with E-state index < -0.39 is 0 Å². The zero-order valence-corrected chi connectivity index (χ0v) is 17.0. The highest BCUT2D eigenvalue weighted by Crippen LogP contribution is 2.34. The van der Waals surface area contributed by atoms with Gasteiger partial charge >= 0.3 is 0 Å². The molecule has 1 aromatic rings. The number of hydrogen-bond donors (Lipinski definition) is 0. The van der Waals surface area contributed by atoms with Gasteiger partial charge in [0.25, 0.3) is 5.56 Å². The van der Waals surface area contributed by atoms with Crippen molar-refractivity contribution < 1.29 is 9.59 Å². The number of amides is 1. The molecule has 2 fully saturated rings. The van der Waals surface area contributed by atoms with Crippen LogP contribution >= 0.6 is 0 Å². The zero-order valence-electron chi connectivity index (χ0n) is 17.0. The summed E-state index contributed by atoms with van der Waals surface area (Å²) in [5.41, 5.74) is 1.17. The van der Waals surface area contributed by atoms with E-state index >= 15 is 0 Å². The first-order chi connectivity index (χ1) is 13.4. The van der Waals surface area contributed by atoms with Crippen LogP contribution in [-0.2, 0) is 16.1 Å². The van der Waals surface area contributed by atoms with Crippen molar-refractivity contribution in [2.75, 3.05) is 32.7 Å². The van der Waals surface area contributed by atoms with E-state index in [2.05, 4.69) is 18.7 Å². The second-order valence-corrected chi connectivity index (χ2v) is 9.35. The summed E-state index contributed by atoms with van der Waals surface area (Å²) in [7, 11) is 0. The van der Waals surface area contributed by atoms with Crippen LogP contribution in [0, 0.1) is 17.8 Å². The van der Waals surface area contributed by atoms with Gasteiger partial charge in [0.05, 0.1) is 13.0 Å². The molecule has 0 aliphatic carbocycles. The zero-order chi connectivity index (χ0) is 19.8. The van der Waals surface area contributed by atoms with Crippen LogP contribution in [0.15, 0.2) is 23.0 Å². The minimum Gasteiger partial charge on any atom is -0.342 e. The Morgan fingerprint density at radius 2 is 1.75 bits per heavy atom. The molecule has 4 rings (SSSR count). The largest absolute Gasteiger partial charge is 0.342 e. The minimum atomic E-state index is -0.0162. The number of Topliss-reactive ketones (excluding diaryl/α,β-unsaturated/α-hetero) is 1. The summed E-state index contributed by atoms with van der Waals surface area (Å²) in [5.74, 6) is 1.71. The van der Waals surface area contributed by atoms with Crippen molar-refractivity contribution in [3.8, 4) is 0 Å². The van der Waals surface area contributed by atoms with Crippen molar-refractivity contribution in [1.29, 1.82) is 0 Å². The molecule has 4 heterocycles. The van der Waals surface area contributed by atoms with Crippen LogP contribution in [0.4, 0.5) is 0 Å². The van der Waals surface area contributed by atoms with Crippen molar-refractivity contribution in [3.05, 3.63) is 34.2 Å². The van der Waals surface area contributed by atoms with Gasteiger partial charge in [-0.15, -0.1) is 0 Å². The average Bonchev–Trinajstić information content (AvgIpc) is 2.61. The van der Waals surface area contributed by atoms with Gasteiger partial charge in [-0.25, -0.2) is 0 Å². The van der Waals surface area contributed by atoms with Crippen molar-refractivity contribution in [3.63, 3.8) is 0 Å². The van der Waals surface area contributed by atoms with Gasteiger partial charge in [-0.3, -0.25) is 19.3 Å². The third kappa shape index (κ3) is 4.07. The number of carbonyl (C=O) groups excluding carboxylic acids is 2. The maximum atomic E-state index is 12.6. The molecule has 1 aromatic heterocycles. The van der Waals surface area contributed by atoms with Crippen LogP contribution in [0.25, 0.3) is 0 Å².